The highest BCUT2D eigenvalue weighted by molar-refractivity contribution is 6.33. The van der Waals surface area contributed by atoms with Crippen LogP contribution in [0.2, 0.25) is 5.02 Å². The molecule has 2 aromatic carbocycles. The van der Waals surface area contributed by atoms with Crippen molar-refractivity contribution in [1.29, 1.82) is 0 Å². The van der Waals surface area contributed by atoms with Crippen LogP contribution in [0.5, 0.6) is 0 Å². The molecule has 0 spiro atoms. The lowest BCUT2D eigenvalue weighted by atomic mass is 10.0. The minimum Gasteiger partial charge on any atom is -0.398 e. The minimum atomic E-state index is -0.782. The van der Waals surface area contributed by atoms with Gasteiger partial charge in [0.25, 0.3) is 0 Å². The number of carbonyl (C=O) groups is 1. The molecule has 0 bridgehead atoms. The first kappa shape index (κ1) is 12.5. The topological polar surface area (TPSA) is 43.1 Å². The van der Waals surface area contributed by atoms with Gasteiger partial charge in [-0.15, -0.1) is 0 Å². The van der Waals surface area contributed by atoms with Crippen LogP contribution in [-0.4, -0.2) is 5.78 Å². The third kappa shape index (κ3) is 2.33. The maximum Gasteiger partial charge on any atom is 0.196 e. The third-order valence-electron chi connectivity index (χ3n) is 2.43. The predicted octanol–water partition coefficient (Wildman–Crippen LogP) is 3.43. The van der Waals surface area contributed by atoms with Crippen LogP contribution in [0.15, 0.2) is 36.4 Å². The zero-order valence-electron chi connectivity index (χ0n) is 9.08. The second-order valence-corrected chi connectivity index (χ2v) is 4.10. The van der Waals surface area contributed by atoms with E-state index in [4.69, 9.17) is 17.3 Å². The Morgan fingerprint density at radius 2 is 1.83 bits per heavy atom. The van der Waals surface area contributed by atoms with E-state index in [9.17, 15) is 13.6 Å². The lowest BCUT2D eigenvalue weighted by molar-refractivity contribution is 0.103. The van der Waals surface area contributed by atoms with Crippen molar-refractivity contribution in [2.45, 2.75) is 0 Å². The Balaban J connectivity index is 2.47. The van der Waals surface area contributed by atoms with Crippen LogP contribution in [0.1, 0.15) is 15.9 Å². The highest BCUT2D eigenvalue weighted by Crippen LogP contribution is 2.22. The monoisotopic (exact) mass is 267 g/mol. The van der Waals surface area contributed by atoms with E-state index < -0.39 is 17.4 Å². The normalized spacial score (nSPS) is 10.4. The van der Waals surface area contributed by atoms with E-state index in [1.807, 2.05) is 0 Å². The van der Waals surface area contributed by atoms with Gasteiger partial charge in [0.05, 0.1) is 16.3 Å². The molecule has 0 aliphatic rings. The molecule has 2 nitrogen and oxygen atoms in total. The molecule has 0 unspecified atom stereocenters. The summed E-state index contributed by atoms with van der Waals surface area (Å²) in [5.74, 6) is -2.10. The van der Waals surface area contributed by atoms with Gasteiger partial charge >= 0.3 is 0 Å². The molecule has 0 saturated carbocycles. The van der Waals surface area contributed by atoms with Crippen molar-refractivity contribution in [2.24, 2.45) is 0 Å². The lowest BCUT2D eigenvalue weighted by Crippen LogP contribution is -2.05. The number of nitrogen functional groups attached to an aromatic ring is 1. The van der Waals surface area contributed by atoms with Gasteiger partial charge in [0.1, 0.15) is 11.6 Å². The fraction of sp³-hybridized carbons (Fsp3) is 0. The van der Waals surface area contributed by atoms with Gasteiger partial charge in [-0.05, 0) is 36.4 Å². The molecular formula is C13H8ClF2NO. The Morgan fingerprint density at radius 1 is 1.11 bits per heavy atom. The van der Waals surface area contributed by atoms with Crippen molar-refractivity contribution in [3.05, 3.63) is 64.2 Å². The fourth-order valence-electron chi connectivity index (χ4n) is 1.51. The van der Waals surface area contributed by atoms with Crippen molar-refractivity contribution in [2.75, 3.05) is 5.73 Å². The summed E-state index contributed by atoms with van der Waals surface area (Å²) in [6.07, 6.45) is 0. The summed E-state index contributed by atoms with van der Waals surface area (Å²) in [7, 11) is 0. The molecule has 92 valence electrons. The Kier molecular flexibility index (Phi) is 3.30. The Bertz CT molecular complexity index is 628. The van der Waals surface area contributed by atoms with Crippen LogP contribution in [0.4, 0.5) is 14.5 Å². The highest BCUT2D eigenvalue weighted by atomic mass is 35.5. The second-order valence-electron chi connectivity index (χ2n) is 3.69. The number of anilines is 1. The zero-order chi connectivity index (χ0) is 13.3. The number of benzene rings is 2. The summed E-state index contributed by atoms with van der Waals surface area (Å²) in [6.45, 7) is 0. The summed E-state index contributed by atoms with van der Waals surface area (Å²) in [5, 5.41) is 0.297. The average Bonchev–Trinajstić information content (AvgIpc) is 2.35. The second kappa shape index (κ2) is 4.74. The number of halogens is 3. The van der Waals surface area contributed by atoms with Gasteiger partial charge in [0.15, 0.2) is 5.78 Å². The summed E-state index contributed by atoms with van der Waals surface area (Å²) < 4.78 is 26.4. The predicted molar refractivity (Wildman–Crippen MR) is 65.7 cm³/mol. The van der Waals surface area contributed by atoms with Gasteiger partial charge in [-0.3, -0.25) is 4.79 Å². The summed E-state index contributed by atoms with van der Waals surface area (Å²) in [5.41, 5.74) is 5.58. The first-order valence-electron chi connectivity index (χ1n) is 5.04. The van der Waals surface area contributed by atoms with E-state index in [-0.39, 0.29) is 16.8 Å². The van der Waals surface area contributed by atoms with E-state index in [1.165, 1.54) is 18.2 Å². The number of ketones is 1. The molecule has 0 aromatic heterocycles. The molecule has 0 amide bonds. The number of nitrogens with two attached hydrogens (primary N) is 1. The summed E-state index contributed by atoms with van der Waals surface area (Å²) in [4.78, 5) is 12.0. The van der Waals surface area contributed by atoms with Gasteiger partial charge in [0.2, 0.25) is 0 Å². The number of carbonyl (C=O) groups excluding carboxylic acids is 1. The maximum atomic E-state index is 13.4. The number of hydrogen-bond acceptors (Lipinski definition) is 2. The Labute approximate surface area is 107 Å². The molecule has 0 aliphatic heterocycles. The average molecular weight is 268 g/mol. The Morgan fingerprint density at radius 3 is 2.50 bits per heavy atom. The Hall–Kier alpha value is -1.94. The lowest BCUT2D eigenvalue weighted by Gasteiger charge is -2.05. The quantitative estimate of drug-likeness (QED) is 0.669. The van der Waals surface area contributed by atoms with Crippen LogP contribution in [0.25, 0.3) is 0 Å². The van der Waals surface area contributed by atoms with E-state index in [1.54, 1.807) is 0 Å². The molecule has 18 heavy (non-hydrogen) atoms. The molecule has 2 aromatic rings. The first-order chi connectivity index (χ1) is 8.49. The first-order valence-corrected chi connectivity index (χ1v) is 5.41. The van der Waals surface area contributed by atoms with E-state index in [2.05, 4.69) is 0 Å². The van der Waals surface area contributed by atoms with Gasteiger partial charge in [-0.2, -0.15) is 0 Å². The number of rotatable bonds is 2. The maximum absolute atomic E-state index is 13.4. The molecular weight excluding hydrogens is 260 g/mol. The van der Waals surface area contributed by atoms with E-state index >= 15 is 0 Å². The summed E-state index contributed by atoms with van der Waals surface area (Å²) in [6, 6.07) is 6.87. The van der Waals surface area contributed by atoms with Gasteiger partial charge in [0, 0.05) is 5.56 Å². The van der Waals surface area contributed by atoms with Crippen LogP contribution in [0, 0.1) is 11.6 Å². The molecule has 2 rings (SSSR count). The van der Waals surface area contributed by atoms with Crippen molar-refractivity contribution >= 4 is 23.1 Å². The van der Waals surface area contributed by atoms with Crippen molar-refractivity contribution in [3.8, 4) is 0 Å². The molecule has 0 atom stereocenters. The molecule has 2 N–H and O–H groups in total. The molecule has 0 heterocycles. The SMILES string of the molecule is Nc1cc(C(=O)c2cc(F)ccc2F)ccc1Cl. The molecule has 0 radical (unpaired) electrons. The van der Waals surface area contributed by atoms with Crippen molar-refractivity contribution in [3.63, 3.8) is 0 Å². The van der Waals surface area contributed by atoms with Crippen LogP contribution in [0.3, 0.4) is 0 Å². The molecule has 0 fully saturated rings. The van der Waals surface area contributed by atoms with Crippen LogP contribution < -0.4 is 5.73 Å². The van der Waals surface area contributed by atoms with Crippen molar-refractivity contribution in [1.82, 2.24) is 0 Å². The standard InChI is InChI=1S/C13H8ClF2NO/c14-10-3-1-7(5-12(10)17)13(18)9-6-8(15)2-4-11(9)16/h1-6H,17H2. The fourth-order valence-corrected chi connectivity index (χ4v) is 1.63. The van der Waals surface area contributed by atoms with E-state index in [0.717, 1.165) is 18.2 Å². The molecule has 0 saturated heterocycles. The van der Waals surface area contributed by atoms with Gasteiger partial charge in [-0.25, -0.2) is 8.78 Å². The van der Waals surface area contributed by atoms with Gasteiger partial charge < -0.3 is 5.73 Å². The summed E-state index contributed by atoms with van der Waals surface area (Å²) >= 11 is 5.72. The molecule has 5 heteroatoms. The van der Waals surface area contributed by atoms with Crippen LogP contribution >= 0.6 is 11.6 Å². The largest absolute Gasteiger partial charge is 0.398 e. The molecule has 0 aliphatic carbocycles. The van der Waals surface area contributed by atoms with Crippen LogP contribution in [-0.2, 0) is 0 Å². The highest BCUT2D eigenvalue weighted by Gasteiger charge is 2.15. The third-order valence-corrected chi connectivity index (χ3v) is 2.78. The van der Waals surface area contributed by atoms with Crippen molar-refractivity contribution < 1.29 is 13.6 Å². The zero-order valence-corrected chi connectivity index (χ0v) is 9.84. The number of hydrogen-bond donors (Lipinski definition) is 1. The van der Waals surface area contributed by atoms with Gasteiger partial charge in [-0.1, -0.05) is 11.6 Å². The minimum absolute atomic E-state index is 0.154. The van der Waals surface area contributed by atoms with E-state index in [0.29, 0.717) is 5.02 Å². The smallest absolute Gasteiger partial charge is 0.196 e.